The van der Waals surface area contributed by atoms with Gasteiger partial charge in [0, 0.05) is 60.5 Å². The van der Waals surface area contributed by atoms with Gasteiger partial charge in [-0.2, -0.15) is 13.2 Å². The minimum atomic E-state index is -4.60. The Bertz CT molecular complexity index is 1230. The molecule has 0 unspecified atom stereocenters. The Hall–Kier alpha value is -2.79. The Labute approximate surface area is 202 Å². The summed E-state index contributed by atoms with van der Waals surface area (Å²) in [7, 11) is 0. The molecule has 1 saturated heterocycles. The second-order valence-electron chi connectivity index (χ2n) is 9.29. The first kappa shape index (κ1) is 24.9. The van der Waals surface area contributed by atoms with E-state index in [4.69, 9.17) is 4.74 Å². The van der Waals surface area contributed by atoms with Gasteiger partial charge in [-0.05, 0) is 36.6 Å². The molecule has 1 N–H and O–H groups in total. The summed E-state index contributed by atoms with van der Waals surface area (Å²) in [6.07, 6.45) is -4.36. The lowest BCUT2D eigenvalue weighted by atomic mass is 9.91. The largest absolute Gasteiger partial charge is 0.488 e. The van der Waals surface area contributed by atoms with Gasteiger partial charge < -0.3 is 9.72 Å². The molecule has 0 bridgehead atoms. The zero-order valence-corrected chi connectivity index (χ0v) is 19.1. The Morgan fingerprint density at radius 3 is 2.42 bits per heavy atom. The summed E-state index contributed by atoms with van der Waals surface area (Å²) in [6.45, 7) is -0.377. The summed E-state index contributed by atoms with van der Waals surface area (Å²) in [5, 5.41) is 0.477. The summed E-state index contributed by atoms with van der Waals surface area (Å²) < 4.78 is 103. The molecule has 0 radical (unpaired) electrons. The Morgan fingerprint density at radius 1 is 1.03 bits per heavy atom. The number of fused-ring (bicyclic) bond motifs is 3. The minimum absolute atomic E-state index is 0.0685. The van der Waals surface area contributed by atoms with E-state index in [0.29, 0.717) is 42.5 Å². The van der Waals surface area contributed by atoms with Crippen LogP contribution in [0.5, 0.6) is 5.75 Å². The quantitative estimate of drug-likeness (QED) is 0.421. The topological polar surface area (TPSA) is 31.5 Å². The van der Waals surface area contributed by atoms with Gasteiger partial charge in [-0.25, -0.2) is 13.2 Å². The van der Waals surface area contributed by atoms with Gasteiger partial charge in [-0.1, -0.05) is 0 Å². The van der Waals surface area contributed by atoms with E-state index < -0.39 is 48.5 Å². The molecule has 2 aliphatic heterocycles. The first-order valence-electron chi connectivity index (χ1n) is 11.7. The molecule has 0 saturated carbocycles. The van der Waals surface area contributed by atoms with E-state index >= 15 is 8.78 Å². The van der Waals surface area contributed by atoms with Crippen molar-refractivity contribution in [3.63, 3.8) is 0 Å². The van der Waals surface area contributed by atoms with Gasteiger partial charge in [0.25, 0.3) is 0 Å². The molecule has 0 amide bonds. The molecule has 2 aromatic carbocycles. The zero-order chi connectivity index (χ0) is 25.6. The highest BCUT2D eigenvalue weighted by atomic mass is 19.4. The third-order valence-corrected chi connectivity index (χ3v) is 6.73. The average molecular weight is 515 g/mol. The lowest BCUT2D eigenvalue weighted by Gasteiger charge is -2.39. The lowest BCUT2D eigenvalue weighted by Crippen LogP contribution is -2.53. The number of rotatable bonds is 7. The number of benzene rings is 2. The van der Waals surface area contributed by atoms with Gasteiger partial charge in [-0.3, -0.25) is 14.2 Å². The van der Waals surface area contributed by atoms with Crippen LogP contribution in [-0.2, 0) is 6.42 Å². The summed E-state index contributed by atoms with van der Waals surface area (Å²) >= 11 is 0. The van der Waals surface area contributed by atoms with E-state index in [1.807, 2.05) is 4.90 Å². The van der Waals surface area contributed by atoms with Crippen molar-refractivity contribution in [3.05, 3.63) is 64.6 Å². The number of likely N-dealkylation sites (tertiary alicyclic amines) is 1. The van der Waals surface area contributed by atoms with Gasteiger partial charge >= 0.3 is 6.18 Å². The Morgan fingerprint density at radius 2 is 1.75 bits per heavy atom. The first-order chi connectivity index (χ1) is 17.1. The molecular formula is C25H24F7N3O. The summed E-state index contributed by atoms with van der Waals surface area (Å²) in [5.74, 6) is -2.65. The Kier molecular flexibility index (Phi) is 6.63. The molecule has 36 heavy (non-hydrogen) atoms. The standard InChI is InChI=1S/C25H24F7N3O/c26-5-1-6-34-11-16(12-34)36-15-9-19(28)22(20(29)10-15)24-23-17(4-7-35(24)13-25(30,31)32)18-8-14(27)2-3-21(18)33-23/h2-3,8-10,16,24,33H,1,4-7,11-13H2/t24-/m1/s1. The minimum Gasteiger partial charge on any atom is -0.488 e. The van der Waals surface area contributed by atoms with Crippen LogP contribution in [-0.4, -0.2) is 66.5 Å². The molecule has 1 fully saturated rings. The van der Waals surface area contributed by atoms with E-state index in [1.54, 1.807) is 0 Å². The fourth-order valence-corrected chi connectivity index (χ4v) is 5.18. The van der Waals surface area contributed by atoms with Crippen LogP contribution >= 0.6 is 0 Å². The van der Waals surface area contributed by atoms with Crippen LogP contribution < -0.4 is 4.74 Å². The van der Waals surface area contributed by atoms with Crippen LogP contribution in [0.25, 0.3) is 10.9 Å². The number of aromatic nitrogens is 1. The van der Waals surface area contributed by atoms with Crippen LogP contribution in [0, 0.1) is 17.5 Å². The molecule has 0 aliphatic carbocycles. The van der Waals surface area contributed by atoms with Crippen molar-refractivity contribution in [3.8, 4) is 5.75 Å². The van der Waals surface area contributed by atoms with Gasteiger partial charge in [-0.15, -0.1) is 0 Å². The maximum Gasteiger partial charge on any atom is 0.401 e. The van der Waals surface area contributed by atoms with Crippen molar-refractivity contribution >= 4 is 10.9 Å². The maximum atomic E-state index is 15.4. The second kappa shape index (κ2) is 9.59. The normalized spacial score (nSPS) is 19.5. The number of aromatic amines is 1. The van der Waals surface area contributed by atoms with E-state index in [1.165, 1.54) is 18.2 Å². The first-order valence-corrected chi connectivity index (χ1v) is 11.7. The summed E-state index contributed by atoms with van der Waals surface area (Å²) in [4.78, 5) is 5.90. The van der Waals surface area contributed by atoms with Crippen LogP contribution in [0.4, 0.5) is 30.7 Å². The van der Waals surface area contributed by atoms with Gasteiger partial charge in [0.05, 0.1) is 19.3 Å². The summed E-state index contributed by atoms with van der Waals surface area (Å²) in [6, 6.07) is 4.49. The molecule has 3 heterocycles. The van der Waals surface area contributed by atoms with Crippen molar-refractivity contribution < 1.29 is 35.5 Å². The molecule has 5 rings (SSSR count). The van der Waals surface area contributed by atoms with Crippen molar-refractivity contribution in [2.45, 2.75) is 31.2 Å². The van der Waals surface area contributed by atoms with Crippen LogP contribution in [0.3, 0.4) is 0 Å². The fraction of sp³-hybridized carbons (Fsp3) is 0.440. The molecule has 0 spiro atoms. The highest BCUT2D eigenvalue weighted by Crippen LogP contribution is 2.42. The highest BCUT2D eigenvalue weighted by molar-refractivity contribution is 5.85. The van der Waals surface area contributed by atoms with Crippen LogP contribution in [0.1, 0.15) is 29.3 Å². The summed E-state index contributed by atoms with van der Waals surface area (Å²) in [5.41, 5.74) is 0.691. The maximum absolute atomic E-state index is 15.4. The predicted molar refractivity (Wildman–Crippen MR) is 119 cm³/mol. The molecule has 2 aliphatic rings. The van der Waals surface area contributed by atoms with Gasteiger partial charge in [0.15, 0.2) is 0 Å². The van der Waals surface area contributed by atoms with E-state index in [9.17, 15) is 22.0 Å². The number of hydrogen-bond donors (Lipinski definition) is 1. The SMILES string of the molecule is FCCCN1CC(Oc2cc(F)c([C@@H]3c4[nH]c5ccc(F)cc5c4CCN3CC(F)(F)F)c(F)c2)C1. The smallest absolute Gasteiger partial charge is 0.401 e. The van der Waals surface area contributed by atoms with E-state index in [-0.39, 0.29) is 30.5 Å². The van der Waals surface area contributed by atoms with E-state index in [2.05, 4.69) is 4.98 Å². The molecule has 1 atom stereocenters. The zero-order valence-electron chi connectivity index (χ0n) is 19.1. The van der Waals surface area contributed by atoms with Crippen LogP contribution in [0.15, 0.2) is 30.3 Å². The monoisotopic (exact) mass is 515 g/mol. The van der Waals surface area contributed by atoms with Gasteiger partial charge in [0.2, 0.25) is 0 Å². The van der Waals surface area contributed by atoms with Crippen molar-refractivity contribution in [1.82, 2.24) is 14.8 Å². The number of ether oxygens (including phenoxy) is 1. The van der Waals surface area contributed by atoms with E-state index in [0.717, 1.165) is 17.0 Å². The van der Waals surface area contributed by atoms with Crippen molar-refractivity contribution in [1.29, 1.82) is 0 Å². The number of nitrogens with zero attached hydrogens (tertiary/aromatic N) is 2. The molecule has 3 aromatic rings. The number of alkyl halides is 4. The molecule has 11 heteroatoms. The van der Waals surface area contributed by atoms with Crippen LogP contribution in [0.2, 0.25) is 0 Å². The third-order valence-electron chi connectivity index (χ3n) is 6.73. The third kappa shape index (κ3) is 4.90. The van der Waals surface area contributed by atoms with Crippen molar-refractivity contribution in [2.75, 3.05) is 39.4 Å². The number of H-pyrrole nitrogens is 1. The fourth-order valence-electron chi connectivity index (χ4n) is 5.18. The number of halogens is 7. The molecule has 194 valence electrons. The number of nitrogens with one attached hydrogen (secondary N) is 1. The van der Waals surface area contributed by atoms with Crippen molar-refractivity contribution in [2.24, 2.45) is 0 Å². The predicted octanol–water partition coefficient (Wildman–Crippen LogP) is 5.52. The molecule has 1 aromatic heterocycles. The molecular weight excluding hydrogens is 491 g/mol. The molecule has 4 nitrogen and oxygen atoms in total. The highest BCUT2D eigenvalue weighted by Gasteiger charge is 2.41. The van der Waals surface area contributed by atoms with Gasteiger partial charge in [0.1, 0.15) is 29.3 Å². The second-order valence-corrected chi connectivity index (χ2v) is 9.29. The number of hydrogen-bond acceptors (Lipinski definition) is 3. The average Bonchev–Trinajstić information content (AvgIpc) is 3.12. The lowest BCUT2D eigenvalue weighted by molar-refractivity contribution is -0.150. The Balaban J connectivity index is 1.48.